The van der Waals surface area contributed by atoms with Gasteiger partial charge in [-0.25, -0.2) is 4.79 Å². The van der Waals surface area contributed by atoms with Gasteiger partial charge in [0.1, 0.15) is 11.3 Å². The standard InChI is InChI=1S/C25H32N4O6S2/c30-18-3-2-17(22-21(18)27-23(32)37-22)19(31)13-28(24(33)34)9-4-16-12-20(36-14-16)35-29-10-6-25(7-11-29)5-1-8-26-15-25/h2-3,12,14,19,26,30-31H,1,4-11,13,15H2,(H,27,32)(H,33,34). The van der Waals surface area contributed by atoms with Gasteiger partial charge in [0.15, 0.2) is 0 Å². The van der Waals surface area contributed by atoms with Crippen LogP contribution in [0, 0.1) is 5.41 Å². The van der Waals surface area contributed by atoms with Gasteiger partial charge in [0.25, 0.3) is 0 Å². The van der Waals surface area contributed by atoms with Crippen molar-refractivity contribution in [1.29, 1.82) is 0 Å². The number of nitrogens with zero attached hydrogens (tertiary/aromatic N) is 2. The molecule has 2 fully saturated rings. The molecule has 10 nitrogen and oxygen atoms in total. The van der Waals surface area contributed by atoms with E-state index in [2.05, 4.69) is 10.3 Å². The largest absolute Gasteiger partial charge is 0.506 e. The molecule has 200 valence electrons. The van der Waals surface area contributed by atoms with Crippen LogP contribution in [-0.2, 0) is 6.42 Å². The van der Waals surface area contributed by atoms with Crippen LogP contribution in [-0.4, -0.2) is 75.6 Å². The zero-order valence-corrected chi connectivity index (χ0v) is 22.1. The summed E-state index contributed by atoms with van der Waals surface area (Å²) in [6.07, 6.45) is 2.98. The maximum Gasteiger partial charge on any atom is 0.407 e. The summed E-state index contributed by atoms with van der Waals surface area (Å²) in [6.45, 7) is 4.07. The number of aromatic hydroxyl groups is 1. The van der Waals surface area contributed by atoms with Gasteiger partial charge in [-0.15, -0.1) is 16.4 Å². The molecule has 5 N–H and O–H groups in total. The SMILES string of the molecule is O=C(O)N(CCc1csc(ON2CCC3(CCCNC3)CC2)c1)CC(O)c1ccc(O)c2[nH]c(=O)sc12. The van der Waals surface area contributed by atoms with Gasteiger partial charge in [0.2, 0.25) is 5.06 Å². The first-order valence-electron chi connectivity index (χ1n) is 12.5. The summed E-state index contributed by atoms with van der Waals surface area (Å²) < 4.78 is 0.422. The van der Waals surface area contributed by atoms with Gasteiger partial charge in [-0.3, -0.25) is 4.79 Å². The molecule has 0 bridgehead atoms. The maximum absolute atomic E-state index is 11.9. The van der Waals surface area contributed by atoms with Gasteiger partial charge >= 0.3 is 11.0 Å². The van der Waals surface area contributed by atoms with Gasteiger partial charge in [0, 0.05) is 31.7 Å². The average molecular weight is 549 g/mol. The van der Waals surface area contributed by atoms with Crippen LogP contribution in [0.1, 0.15) is 42.9 Å². The minimum absolute atomic E-state index is 0.0927. The lowest BCUT2D eigenvalue weighted by Gasteiger charge is -2.43. The normalized spacial score (nSPS) is 18.7. The molecule has 2 saturated heterocycles. The van der Waals surface area contributed by atoms with E-state index in [9.17, 15) is 24.9 Å². The van der Waals surface area contributed by atoms with Crippen molar-refractivity contribution in [2.75, 3.05) is 39.3 Å². The number of carbonyl (C=O) groups is 1. The van der Waals surface area contributed by atoms with Crippen LogP contribution >= 0.6 is 22.7 Å². The lowest BCUT2D eigenvalue weighted by molar-refractivity contribution is -0.0987. The van der Waals surface area contributed by atoms with Gasteiger partial charge in [-0.1, -0.05) is 17.4 Å². The number of phenols is 1. The summed E-state index contributed by atoms with van der Waals surface area (Å²) in [6, 6.07) is 4.85. The number of hydrogen-bond acceptors (Lipinski definition) is 9. The van der Waals surface area contributed by atoms with E-state index in [1.165, 1.54) is 41.2 Å². The number of aliphatic hydroxyl groups excluding tert-OH is 1. The number of thiazole rings is 1. The zero-order chi connectivity index (χ0) is 26.0. The Labute approximate surface area is 222 Å². The predicted molar refractivity (Wildman–Crippen MR) is 143 cm³/mol. The molecule has 1 aromatic carbocycles. The van der Waals surface area contributed by atoms with Crippen molar-refractivity contribution in [1.82, 2.24) is 20.3 Å². The van der Waals surface area contributed by atoms with Crippen molar-refractivity contribution in [3.8, 4) is 10.8 Å². The molecule has 0 aliphatic carbocycles. The molecule has 37 heavy (non-hydrogen) atoms. The Morgan fingerprint density at radius 2 is 2.08 bits per heavy atom. The molecule has 1 spiro atoms. The first kappa shape index (κ1) is 26.0. The summed E-state index contributed by atoms with van der Waals surface area (Å²) in [5.41, 5.74) is 2.04. The van der Waals surface area contributed by atoms with E-state index >= 15 is 0 Å². The number of benzene rings is 1. The Bertz CT molecular complexity index is 1290. The summed E-state index contributed by atoms with van der Waals surface area (Å²) in [5.74, 6) is -0.0927. The summed E-state index contributed by atoms with van der Waals surface area (Å²) in [5, 5.41) is 38.8. The number of thiophene rings is 1. The molecule has 5 rings (SSSR count). The number of aromatic amines is 1. The lowest BCUT2D eigenvalue weighted by atomic mass is 9.73. The molecular formula is C25H32N4O6S2. The van der Waals surface area contributed by atoms with Crippen LogP contribution in [0.4, 0.5) is 4.79 Å². The fourth-order valence-corrected chi connectivity index (χ4v) is 7.05. The van der Waals surface area contributed by atoms with Crippen LogP contribution in [0.15, 0.2) is 28.4 Å². The number of amides is 1. The van der Waals surface area contributed by atoms with Crippen molar-refractivity contribution < 1.29 is 25.0 Å². The van der Waals surface area contributed by atoms with E-state index in [1.54, 1.807) is 0 Å². The van der Waals surface area contributed by atoms with Gasteiger partial charge in [0.05, 0.1) is 17.3 Å². The van der Waals surface area contributed by atoms with E-state index in [4.69, 9.17) is 4.84 Å². The van der Waals surface area contributed by atoms with Crippen LogP contribution in [0.2, 0.25) is 0 Å². The second-order valence-corrected chi connectivity index (χ2v) is 11.8. The van der Waals surface area contributed by atoms with E-state index in [1.807, 2.05) is 16.5 Å². The number of phenolic OH excluding ortho intramolecular Hbond substituents is 1. The molecule has 3 aromatic rings. The highest BCUT2D eigenvalue weighted by Gasteiger charge is 2.36. The number of rotatable bonds is 8. The first-order chi connectivity index (χ1) is 17.8. The molecule has 1 amide bonds. The Hall–Kier alpha value is -2.64. The number of hydroxylamine groups is 2. The third kappa shape index (κ3) is 5.93. The molecule has 12 heteroatoms. The summed E-state index contributed by atoms with van der Waals surface area (Å²) in [7, 11) is 0. The van der Waals surface area contributed by atoms with Crippen LogP contribution in [0.3, 0.4) is 0 Å². The number of hydrogen-bond donors (Lipinski definition) is 5. The van der Waals surface area contributed by atoms with E-state index in [0.717, 1.165) is 61.0 Å². The van der Waals surface area contributed by atoms with Gasteiger partial charge < -0.3 is 35.4 Å². The topological polar surface area (TPSA) is 138 Å². The lowest BCUT2D eigenvalue weighted by Crippen LogP contribution is -2.48. The Morgan fingerprint density at radius 3 is 2.81 bits per heavy atom. The van der Waals surface area contributed by atoms with Gasteiger partial charge in [-0.05, 0) is 67.1 Å². The second kappa shape index (κ2) is 11.0. The molecule has 4 heterocycles. The highest BCUT2D eigenvalue weighted by atomic mass is 32.1. The summed E-state index contributed by atoms with van der Waals surface area (Å²) >= 11 is 2.37. The molecule has 0 saturated carbocycles. The molecule has 0 radical (unpaired) electrons. The van der Waals surface area contributed by atoms with Crippen LogP contribution in [0.25, 0.3) is 10.2 Å². The number of aromatic nitrogens is 1. The highest BCUT2D eigenvalue weighted by Crippen LogP contribution is 2.38. The predicted octanol–water partition coefficient (Wildman–Crippen LogP) is 3.37. The van der Waals surface area contributed by atoms with E-state index in [0.29, 0.717) is 22.1 Å². The molecule has 1 atom stereocenters. The number of carboxylic acid groups (broad SMARTS) is 1. The van der Waals surface area contributed by atoms with Crippen molar-refractivity contribution in [3.63, 3.8) is 0 Å². The minimum Gasteiger partial charge on any atom is -0.506 e. The van der Waals surface area contributed by atoms with Crippen molar-refractivity contribution in [3.05, 3.63) is 44.4 Å². The highest BCUT2D eigenvalue weighted by molar-refractivity contribution is 7.16. The molecule has 1 unspecified atom stereocenters. The van der Waals surface area contributed by atoms with E-state index < -0.39 is 12.2 Å². The Balaban J connectivity index is 1.15. The van der Waals surface area contributed by atoms with Gasteiger partial charge in [-0.2, -0.15) is 0 Å². The molecule has 2 aliphatic heterocycles. The monoisotopic (exact) mass is 548 g/mol. The average Bonchev–Trinajstić information content (AvgIpc) is 3.50. The molecule has 2 aromatic heterocycles. The molecular weight excluding hydrogens is 516 g/mol. The fraction of sp³-hybridized carbons (Fsp3) is 0.520. The number of aliphatic hydroxyl groups is 1. The summed E-state index contributed by atoms with van der Waals surface area (Å²) in [4.78, 5) is 33.1. The Morgan fingerprint density at radius 1 is 1.27 bits per heavy atom. The molecule has 2 aliphatic rings. The third-order valence-electron chi connectivity index (χ3n) is 7.47. The third-order valence-corrected chi connectivity index (χ3v) is 9.25. The van der Waals surface area contributed by atoms with Crippen LogP contribution in [0.5, 0.6) is 10.8 Å². The van der Waals surface area contributed by atoms with Crippen LogP contribution < -0.4 is 15.0 Å². The maximum atomic E-state index is 11.9. The van der Waals surface area contributed by atoms with E-state index in [-0.39, 0.29) is 29.2 Å². The fourth-order valence-electron chi connectivity index (χ4n) is 5.31. The van der Waals surface area contributed by atoms with Crippen molar-refractivity contribution in [2.24, 2.45) is 5.41 Å². The number of fused-ring (bicyclic) bond motifs is 1. The first-order valence-corrected chi connectivity index (χ1v) is 14.2. The van der Waals surface area contributed by atoms with Crippen molar-refractivity contribution in [2.45, 2.75) is 38.2 Å². The second-order valence-electron chi connectivity index (χ2n) is 9.96. The number of H-pyrrole nitrogens is 1. The number of piperidine rings is 2. The zero-order valence-electron chi connectivity index (χ0n) is 20.4. The Kier molecular flexibility index (Phi) is 7.72. The minimum atomic E-state index is -1.14. The van der Waals surface area contributed by atoms with Crippen molar-refractivity contribution >= 4 is 39.0 Å². The number of nitrogens with one attached hydrogen (secondary N) is 2. The smallest absolute Gasteiger partial charge is 0.407 e. The quantitative estimate of drug-likeness (QED) is 0.289.